The lowest BCUT2D eigenvalue weighted by atomic mass is 10.0. The molecule has 17 heavy (non-hydrogen) atoms. The number of hydrogen-bond acceptors (Lipinski definition) is 4. The van der Waals surface area contributed by atoms with E-state index in [2.05, 4.69) is 10.3 Å². The van der Waals surface area contributed by atoms with Gasteiger partial charge in [-0.05, 0) is 26.0 Å². The maximum Gasteiger partial charge on any atom is 0.252 e. The number of aliphatic hydroxyl groups is 2. The molecule has 0 fully saturated rings. The number of nitrogens with zero attached hydrogens (tertiary/aromatic N) is 1. The van der Waals surface area contributed by atoms with Crippen LogP contribution in [0, 0.1) is 6.92 Å². The van der Waals surface area contributed by atoms with Gasteiger partial charge in [0.1, 0.15) is 5.15 Å². The van der Waals surface area contributed by atoms with Gasteiger partial charge >= 0.3 is 0 Å². The van der Waals surface area contributed by atoms with E-state index in [0.717, 1.165) is 0 Å². The summed E-state index contributed by atoms with van der Waals surface area (Å²) in [6.07, 6.45) is 0. The summed E-state index contributed by atoms with van der Waals surface area (Å²) in [5.74, 6) is -0.414. The Balaban J connectivity index is 2.90. The van der Waals surface area contributed by atoms with Crippen LogP contribution >= 0.6 is 11.6 Å². The molecule has 0 unspecified atom stereocenters. The van der Waals surface area contributed by atoms with Crippen LogP contribution in [0.3, 0.4) is 0 Å². The smallest absolute Gasteiger partial charge is 0.252 e. The van der Waals surface area contributed by atoms with E-state index in [9.17, 15) is 4.79 Å². The number of pyridine rings is 1. The fraction of sp³-hybridized carbons (Fsp3) is 0.455. The van der Waals surface area contributed by atoms with Crippen molar-refractivity contribution < 1.29 is 15.0 Å². The Hall–Kier alpha value is -1.17. The normalized spacial score (nSPS) is 11.4. The van der Waals surface area contributed by atoms with E-state index in [4.69, 9.17) is 21.8 Å². The van der Waals surface area contributed by atoms with Crippen molar-refractivity contribution in [2.24, 2.45) is 0 Å². The first-order valence-electron chi connectivity index (χ1n) is 5.08. The van der Waals surface area contributed by atoms with Crippen molar-refractivity contribution in [3.05, 3.63) is 28.5 Å². The average molecular weight is 259 g/mol. The highest BCUT2D eigenvalue weighted by atomic mass is 35.5. The minimum Gasteiger partial charge on any atom is -0.394 e. The first-order chi connectivity index (χ1) is 7.90. The molecule has 6 heteroatoms. The van der Waals surface area contributed by atoms with E-state index in [-0.39, 0.29) is 18.4 Å². The summed E-state index contributed by atoms with van der Waals surface area (Å²) in [5, 5.41) is 20.9. The van der Waals surface area contributed by atoms with Crippen LogP contribution in [0.25, 0.3) is 0 Å². The molecule has 0 atom stereocenters. The summed E-state index contributed by atoms with van der Waals surface area (Å²) in [7, 11) is 0. The van der Waals surface area contributed by atoms with Crippen molar-refractivity contribution in [1.29, 1.82) is 0 Å². The first-order valence-corrected chi connectivity index (χ1v) is 5.46. The van der Waals surface area contributed by atoms with E-state index in [1.807, 2.05) is 0 Å². The highest BCUT2D eigenvalue weighted by Gasteiger charge is 2.25. The van der Waals surface area contributed by atoms with E-state index in [1.165, 1.54) is 6.07 Å². The third-order valence-electron chi connectivity index (χ3n) is 2.30. The largest absolute Gasteiger partial charge is 0.394 e. The number of carbonyl (C=O) groups excluding carboxylic acids is 1. The number of nitrogens with one attached hydrogen (secondary N) is 1. The molecule has 0 aromatic carbocycles. The van der Waals surface area contributed by atoms with Crippen molar-refractivity contribution in [2.45, 2.75) is 19.4 Å². The van der Waals surface area contributed by atoms with Gasteiger partial charge in [0, 0.05) is 11.3 Å². The van der Waals surface area contributed by atoms with Crippen molar-refractivity contribution in [3.63, 3.8) is 0 Å². The summed E-state index contributed by atoms with van der Waals surface area (Å²) in [6, 6.07) is 3.01. The summed E-state index contributed by atoms with van der Waals surface area (Å²) in [6.45, 7) is 2.56. The van der Waals surface area contributed by atoms with Gasteiger partial charge in [-0.25, -0.2) is 4.98 Å². The van der Waals surface area contributed by atoms with Crippen LogP contribution in [0.1, 0.15) is 23.0 Å². The van der Waals surface area contributed by atoms with Gasteiger partial charge in [0.25, 0.3) is 5.91 Å². The zero-order valence-electron chi connectivity index (χ0n) is 9.70. The topological polar surface area (TPSA) is 82.5 Å². The number of aromatic nitrogens is 1. The molecule has 1 heterocycles. The number of rotatable bonds is 4. The number of aliphatic hydroxyl groups excluding tert-OH is 2. The molecule has 0 aliphatic heterocycles. The third kappa shape index (κ3) is 3.66. The molecule has 5 nitrogen and oxygen atoms in total. The Morgan fingerprint density at radius 3 is 2.53 bits per heavy atom. The minimum atomic E-state index is -1.05. The number of aryl methyl sites for hydroxylation is 1. The molecule has 0 saturated heterocycles. The standard InChI is InChI=1S/C11H15ClN2O3/c1-7-3-8(4-9(12)13-7)10(17)14-11(2,5-15)6-16/h3-4,15-16H,5-6H2,1-2H3,(H,14,17). The Morgan fingerprint density at radius 1 is 1.47 bits per heavy atom. The molecule has 94 valence electrons. The van der Waals surface area contributed by atoms with E-state index >= 15 is 0 Å². The van der Waals surface area contributed by atoms with E-state index in [0.29, 0.717) is 11.3 Å². The summed E-state index contributed by atoms with van der Waals surface area (Å²) >= 11 is 5.74. The number of halogens is 1. The van der Waals surface area contributed by atoms with Crippen molar-refractivity contribution >= 4 is 17.5 Å². The molecule has 1 aromatic rings. The third-order valence-corrected chi connectivity index (χ3v) is 2.49. The highest BCUT2D eigenvalue weighted by molar-refractivity contribution is 6.29. The first kappa shape index (κ1) is 13.9. The molecular formula is C11H15ClN2O3. The van der Waals surface area contributed by atoms with Crippen LogP contribution in [0.4, 0.5) is 0 Å². The van der Waals surface area contributed by atoms with Crippen molar-refractivity contribution in [3.8, 4) is 0 Å². The van der Waals surface area contributed by atoms with Crippen LogP contribution in [0.15, 0.2) is 12.1 Å². The SMILES string of the molecule is Cc1cc(C(=O)NC(C)(CO)CO)cc(Cl)n1. The zero-order chi connectivity index (χ0) is 13.1. The maximum absolute atomic E-state index is 11.9. The Morgan fingerprint density at radius 2 is 2.06 bits per heavy atom. The van der Waals surface area contributed by atoms with E-state index in [1.54, 1.807) is 19.9 Å². The lowest BCUT2D eigenvalue weighted by Crippen LogP contribution is -2.51. The second-order valence-corrected chi connectivity index (χ2v) is 4.54. The van der Waals surface area contributed by atoms with Gasteiger partial charge in [0.05, 0.1) is 18.8 Å². The van der Waals surface area contributed by atoms with Crippen LogP contribution in [0.2, 0.25) is 5.15 Å². The lowest BCUT2D eigenvalue weighted by Gasteiger charge is -2.26. The lowest BCUT2D eigenvalue weighted by molar-refractivity contribution is 0.0723. The molecule has 1 rings (SSSR count). The molecule has 0 saturated carbocycles. The Labute approximate surface area is 104 Å². The molecule has 0 aliphatic carbocycles. The monoisotopic (exact) mass is 258 g/mol. The predicted molar refractivity (Wildman–Crippen MR) is 64.0 cm³/mol. The molecule has 0 radical (unpaired) electrons. The van der Waals surface area contributed by atoms with Crippen LogP contribution in [-0.4, -0.2) is 39.9 Å². The molecular weight excluding hydrogens is 244 g/mol. The van der Waals surface area contributed by atoms with Crippen LogP contribution in [0.5, 0.6) is 0 Å². The summed E-state index contributed by atoms with van der Waals surface area (Å²) < 4.78 is 0. The van der Waals surface area contributed by atoms with Crippen molar-refractivity contribution in [1.82, 2.24) is 10.3 Å². The number of amides is 1. The molecule has 1 amide bonds. The maximum atomic E-state index is 11.9. The fourth-order valence-corrected chi connectivity index (χ4v) is 1.49. The second kappa shape index (κ2) is 5.44. The van der Waals surface area contributed by atoms with Gasteiger partial charge in [0.2, 0.25) is 0 Å². The number of carbonyl (C=O) groups is 1. The predicted octanol–water partition coefficient (Wildman–Crippen LogP) is 0.517. The van der Waals surface area contributed by atoms with Gasteiger partial charge < -0.3 is 15.5 Å². The summed E-state index contributed by atoms with van der Waals surface area (Å²) in [5.41, 5.74) is -0.0891. The van der Waals surface area contributed by atoms with Gasteiger partial charge in [-0.2, -0.15) is 0 Å². The van der Waals surface area contributed by atoms with Crippen LogP contribution < -0.4 is 5.32 Å². The molecule has 3 N–H and O–H groups in total. The Bertz CT molecular complexity index is 399. The highest BCUT2D eigenvalue weighted by Crippen LogP contribution is 2.12. The minimum absolute atomic E-state index is 0.227. The van der Waals surface area contributed by atoms with Gasteiger partial charge in [-0.1, -0.05) is 11.6 Å². The van der Waals surface area contributed by atoms with Gasteiger partial charge in [-0.15, -0.1) is 0 Å². The molecule has 1 aromatic heterocycles. The fourth-order valence-electron chi connectivity index (χ4n) is 1.23. The average Bonchev–Trinajstić information content (AvgIpc) is 2.27. The quantitative estimate of drug-likeness (QED) is 0.688. The van der Waals surface area contributed by atoms with Crippen LogP contribution in [-0.2, 0) is 0 Å². The van der Waals surface area contributed by atoms with Crippen molar-refractivity contribution in [2.75, 3.05) is 13.2 Å². The summed E-state index contributed by atoms with van der Waals surface area (Å²) in [4.78, 5) is 15.8. The number of hydrogen-bond donors (Lipinski definition) is 3. The molecule has 0 spiro atoms. The second-order valence-electron chi connectivity index (χ2n) is 4.15. The zero-order valence-corrected chi connectivity index (χ0v) is 10.5. The molecule has 0 aliphatic rings. The Kier molecular flexibility index (Phi) is 4.45. The molecule has 0 bridgehead atoms. The van der Waals surface area contributed by atoms with Gasteiger partial charge in [0.15, 0.2) is 0 Å². The van der Waals surface area contributed by atoms with E-state index < -0.39 is 11.4 Å². The van der Waals surface area contributed by atoms with Gasteiger partial charge in [-0.3, -0.25) is 4.79 Å².